The summed E-state index contributed by atoms with van der Waals surface area (Å²) in [6, 6.07) is 7.07. The van der Waals surface area contributed by atoms with Crippen molar-refractivity contribution in [1.82, 2.24) is 0 Å². The van der Waals surface area contributed by atoms with Gasteiger partial charge in [0.1, 0.15) is 5.75 Å². The number of hydrogen-bond acceptors (Lipinski definition) is 2. The monoisotopic (exact) mass is 232 g/mol. The van der Waals surface area contributed by atoms with Crippen molar-refractivity contribution in [3.63, 3.8) is 0 Å². The molecule has 2 nitrogen and oxygen atoms in total. The molecule has 0 spiro atoms. The molecule has 0 atom stereocenters. The first-order valence-corrected chi connectivity index (χ1v) is 5.01. The zero-order valence-corrected chi connectivity index (χ0v) is 9.02. The molecule has 1 rings (SSSR count). The van der Waals surface area contributed by atoms with Crippen molar-refractivity contribution in [3.8, 4) is 5.75 Å². The Balaban J connectivity index is 2.25. The Labute approximate surface area is 92.8 Å². The van der Waals surface area contributed by atoms with Crippen molar-refractivity contribution in [3.05, 3.63) is 29.3 Å². The molecule has 4 heteroatoms. The number of carbonyl (C=O) groups excluding carboxylic acids is 1. The molecule has 0 heterocycles. The van der Waals surface area contributed by atoms with E-state index >= 15 is 0 Å². The highest BCUT2D eigenvalue weighted by Crippen LogP contribution is 2.15. The predicted molar refractivity (Wildman–Crippen MR) is 57.0 cm³/mol. The third kappa shape index (κ3) is 4.49. The summed E-state index contributed by atoms with van der Waals surface area (Å²) < 4.78 is 5.34. The zero-order chi connectivity index (χ0) is 10.4. The van der Waals surface area contributed by atoms with Gasteiger partial charge in [0.2, 0.25) is 5.24 Å². The fourth-order valence-corrected chi connectivity index (χ4v) is 1.19. The van der Waals surface area contributed by atoms with Gasteiger partial charge in [0, 0.05) is 11.4 Å². The highest BCUT2D eigenvalue weighted by atomic mass is 35.5. The molecule has 0 unspecified atom stereocenters. The van der Waals surface area contributed by atoms with Crippen LogP contribution in [0.4, 0.5) is 0 Å². The lowest BCUT2D eigenvalue weighted by molar-refractivity contribution is -0.111. The average molecular weight is 233 g/mol. The van der Waals surface area contributed by atoms with Crippen LogP contribution >= 0.6 is 23.2 Å². The molecule has 1 aromatic rings. The second kappa shape index (κ2) is 5.89. The predicted octanol–water partition coefficient (Wildman–Crippen LogP) is 3.26. The van der Waals surface area contributed by atoms with E-state index in [2.05, 4.69) is 0 Å². The molecule has 76 valence electrons. The Hall–Kier alpha value is -0.730. The van der Waals surface area contributed by atoms with E-state index in [4.69, 9.17) is 27.9 Å². The Morgan fingerprint density at radius 1 is 1.29 bits per heavy atom. The molecule has 14 heavy (non-hydrogen) atoms. The molecule has 0 fully saturated rings. The van der Waals surface area contributed by atoms with Gasteiger partial charge in [-0.15, -0.1) is 0 Å². The van der Waals surface area contributed by atoms with Crippen LogP contribution < -0.4 is 4.74 Å². The third-order valence-electron chi connectivity index (χ3n) is 1.60. The van der Waals surface area contributed by atoms with E-state index in [0.29, 0.717) is 24.5 Å². The molecule has 0 radical (unpaired) electrons. The van der Waals surface area contributed by atoms with Crippen molar-refractivity contribution in [2.24, 2.45) is 0 Å². The van der Waals surface area contributed by atoms with Crippen LogP contribution in [-0.2, 0) is 4.79 Å². The van der Waals surface area contributed by atoms with E-state index in [0.717, 1.165) is 5.75 Å². The smallest absolute Gasteiger partial charge is 0.221 e. The standard InChI is InChI=1S/C10H10Cl2O2/c11-8-3-5-9(6-4-8)14-7-1-2-10(12)13/h3-6H,1-2,7H2. The molecule has 0 aromatic heterocycles. The van der Waals surface area contributed by atoms with Gasteiger partial charge >= 0.3 is 0 Å². The number of carbonyl (C=O) groups is 1. The molecule has 0 bridgehead atoms. The fourth-order valence-electron chi connectivity index (χ4n) is 0.932. The molecule has 1 aromatic carbocycles. The van der Waals surface area contributed by atoms with E-state index in [9.17, 15) is 4.79 Å². The number of benzene rings is 1. The first-order valence-electron chi connectivity index (χ1n) is 4.25. The van der Waals surface area contributed by atoms with Crippen LogP contribution in [0, 0.1) is 0 Å². The lowest BCUT2D eigenvalue weighted by Gasteiger charge is -2.04. The second-order valence-electron chi connectivity index (χ2n) is 2.76. The number of rotatable bonds is 5. The van der Waals surface area contributed by atoms with E-state index in [1.165, 1.54) is 0 Å². The SMILES string of the molecule is O=C(Cl)CCCOc1ccc(Cl)cc1. The second-order valence-corrected chi connectivity index (χ2v) is 3.62. The van der Waals surface area contributed by atoms with Crippen LogP contribution in [0.2, 0.25) is 5.02 Å². The first-order chi connectivity index (χ1) is 6.68. The van der Waals surface area contributed by atoms with E-state index in [-0.39, 0.29) is 5.24 Å². The summed E-state index contributed by atoms with van der Waals surface area (Å²) in [7, 11) is 0. The van der Waals surface area contributed by atoms with Gasteiger partial charge in [-0.3, -0.25) is 4.79 Å². The normalized spacial score (nSPS) is 9.86. The minimum absolute atomic E-state index is 0.329. The lowest BCUT2D eigenvalue weighted by atomic mass is 10.3. The summed E-state index contributed by atoms with van der Waals surface area (Å²) in [6.45, 7) is 0.486. The van der Waals surface area contributed by atoms with Crippen molar-refractivity contribution in [2.75, 3.05) is 6.61 Å². The molecular formula is C10H10Cl2O2. The Morgan fingerprint density at radius 3 is 2.50 bits per heavy atom. The summed E-state index contributed by atoms with van der Waals surface area (Å²) in [5, 5.41) is 0.345. The Morgan fingerprint density at radius 2 is 1.93 bits per heavy atom. The van der Waals surface area contributed by atoms with E-state index < -0.39 is 0 Å². The fraction of sp³-hybridized carbons (Fsp3) is 0.300. The largest absolute Gasteiger partial charge is 0.494 e. The summed E-state index contributed by atoms with van der Waals surface area (Å²) in [4.78, 5) is 10.4. The Kier molecular flexibility index (Phi) is 4.77. The Bertz CT molecular complexity index is 295. The molecular weight excluding hydrogens is 223 g/mol. The first kappa shape index (κ1) is 11.3. The molecule has 0 amide bonds. The van der Waals surface area contributed by atoms with E-state index in [1.807, 2.05) is 0 Å². The van der Waals surface area contributed by atoms with Crippen molar-refractivity contribution >= 4 is 28.4 Å². The topological polar surface area (TPSA) is 26.3 Å². The minimum Gasteiger partial charge on any atom is -0.494 e. The maximum absolute atomic E-state index is 10.4. The van der Waals surface area contributed by atoms with Crippen LogP contribution in [0.15, 0.2) is 24.3 Å². The van der Waals surface area contributed by atoms with Gasteiger partial charge in [0.25, 0.3) is 0 Å². The highest BCUT2D eigenvalue weighted by Gasteiger charge is 1.97. The van der Waals surface area contributed by atoms with Gasteiger partial charge < -0.3 is 4.74 Å². The van der Waals surface area contributed by atoms with Crippen LogP contribution in [0.5, 0.6) is 5.75 Å². The quantitative estimate of drug-likeness (QED) is 0.576. The average Bonchev–Trinajstić information content (AvgIpc) is 2.15. The molecule has 0 aliphatic rings. The summed E-state index contributed by atoms with van der Waals surface area (Å²) in [5.74, 6) is 0.747. The van der Waals surface area contributed by atoms with E-state index in [1.54, 1.807) is 24.3 Å². The summed E-state index contributed by atoms with van der Waals surface area (Å²) in [5.41, 5.74) is 0. The van der Waals surface area contributed by atoms with Gasteiger partial charge in [-0.1, -0.05) is 11.6 Å². The van der Waals surface area contributed by atoms with Crippen LogP contribution in [0.25, 0.3) is 0 Å². The van der Waals surface area contributed by atoms with Crippen LogP contribution in [0.1, 0.15) is 12.8 Å². The zero-order valence-electron chi connectivity index (χ0n) is 7.50. The van der Waals surface area contributed by atoms with Crippen molar-refractivity contribution in [2.45, 2.75) is 12.8 Å². The van der Waals surface area contributed by atoms with Gasteiger partial charge in [0.05, 0.1) is 6.61 Å². The van der Waals surface area contributed by atoms with Crippen LogP contribution in [0.3, 0.4) is 0 Å². The minimum atomic E-state index is -0.329. The molecule has 0 aliphatic heterocycles. The third-order valence-corrected chi connectivity index (χ3v) is 2.04. The van der Waals surface area contributed by atoms with Crippen molar-refractivity contribution in [1.29, 1.82) is 0 Å². The number of hydrogen-bond donors (Lipinski definition) is 0. The maximum atomic E-state index is 10.4. The lowest BCUT2D eigenvalue weighted by Crippen LogP contribution is -1.99. The number of halogens is 2. The molecule has 0 saturated carbocycles. The maximum Gasteiger partial charge on any atom is 0.221 e. The highest BCUT2D eigenvalue weighted by molar-refractivity contribution is 6.63. The van der Waals surface area contributed by atoms with Gasteiger partial charge in [-0.25, -0.2) is 0 Å². The van der Waals surface area contributed by atoms with Gasteiger partial charge in [0.15, 0.2) is 0 Å². The molecule has 0 saturated heterocycles. The number of ether oxygens (including phenoxy) is 1. The van der Waals surface area contributed by atoms with Crippen LogP contribution in [-0.4, -0.2) is 11.8 Å². The summed E-state index contributed by atoms with van der Waals surface area (Å²) >= 11 is 10.9. The summed E-state index contributed by atoms with van der Waals surface area (Å²) in [6.07, 6.45) is 0.972. The van der Waals surface area contributed by atoms with Gasteiger partial charge in [-0.2, -0.15) is 0 Å². The van der Waals surface area contributed by atoms with Crippen molar-refractivity contribution < 1.29 is 9.53 Å². The molecule has 0 aliphatic carbocycles. The van der Waals surface area contributed by atoms with Gasteiger partial charge in [-0.05, 0) is 42.3 Å². The molecule has 0 N–H and O–H groups in total.